The summed E-state index contributed by atoms with van der Waals surface area (Å²) in [5, 5.41) is 15.1. The van der Waals surface area contributed by atoms with Crippen LogP contribution in [0, 0.1) is 0 Å². The molecule has 1 N–H and O–H groups in total. The normalized spacial score (nSPS) is 11.8. The first-order valence-electron chi connectivity index (χ1n) is 12.7. The molecule has 0 aliphatic carbocycles. The zero-order valence-electron chi connectivity index (χ0n) is 21.4. The number of ether oxygens (including phenoxy) is 1. The lowest BCUT2D eigenvalue weighted by molar-refractivity contribution is 0.415. The standard InChI is InChI=1S/C31H29ClN2O3S/c1-3-4-5-6-7-21-16-22-17-26(31-34-27(19-38-31)20-8-14-25(36-2)15-9-20)30(37-29(22)18-28(21)35)33-24-12-10-23(32)11-13-24/h8-19,35H,3-7H2,1-2H3. The van der Waals surface area contributed by atoms with Crippen molar-refractivity contribution in [3.8, 4) is 33.3 Å². The van der Waals surface area contributed by atoms with E-state index in [9.17, 15) is 5.11 Å². The van der Waals surface area contributed by atoms with Gasteiger partial charge in [0.2, 0.25) is 5.55 Å². The Balaban J connectivity index is 1.60. The average molecular weight is 545 g/mol. The van der Waals surface area contributed by atoms with Gasteiger partial charge in [-0.1, -0.05) is 37.8 Å². The number of halogens is 1. The molecule has 0 saturated carbocycles. The van der Waals surface area contributed by atoms with Crippen molar-refractivity contribution in [3.05, 3.63) is 88.3 Å². The molecule has 0 radical (unpaired) electrons. The van der Waals surface area contributed by atoms with Crippen molar-refractivity contribution < 1.29 is 14.3 Å². The number of benzene rings is 3. The van der Waals surface area contributed by atoms with E-state index in [0.29, 0.717) is 21.8 Å². The van der Waals surface area contributed by atoms with Gasteiger partial charge in [-0.2, -0.15) is 0 Å². The van der Waals surface area contributed by atoms with E-state index >= 15 is 0 Å². The van der Waals surface area contributed by atoms with E-state index in [2.05, 4.69) is 13.0 Å². The Hall–Kier alpha value is -3.61. The Morgan fingerprint density at radius 1 is 1.00 bits per heavy atom. The predicted octanol–water partition coefficient (Wildman–Crippen LogP) is 8.95. The van der Waals surface area contributed by atoms with E-state index < -0.39 is 0 Å². The molecule has 5 aromatic rings. The highest BCUT2D eigenvalue weighted by Crippen LogP contribution is 2.32. The van der Waals surface area contributed by atoms with Gasteiger partial charge in [0, 0.05) is 27.4 Å². The van der Waals surface area contributed by atoms with Crippen molar-refractivity contribution in [2.45, 2.75) is 39.0 Å². The van der Waals surface area contributed by atoms with E-state index in [0.717, 1.165) is 57.8 Å². The van der Waals surface area contributed by atoms with Gasteiger partial charge < -0.3 is 14.3 Å². The summed E-state index contributed by atoms with van der Waals surface area (Å²) in [5.41, 5.74) is 5.29. The largest absolute Gasteiger partial charge is 0.508 e. The molecule has 5 rings (SSSR count). The van der Waals surface area contributed by atoms with Gasteiger partial charge in [-0.15, -0.1) is 11.3 Å². The number of hydrogen-bond donors (Lipinski definition) is 1. The van der Waals surface area contributed by atoms with Gasteiger partial charge in [0.1, 0.15) is 22.1 Å². The maximum atomic E-state index is 10.7. The number of aromatic nitrogens is 1. The van der Waals surface area contributed by atoms with Crippen LogP contribution in [0.4, 0.5) is 5.69 Å². The number of aromatic hydroxyl groups is 1. The van der Waals surface area contributed by atoms with Gasteiger partial charge in [-0.25, -0.2) is 9.98 Å². The molecule has 38 heavy (non-hydrogen) atoms. The van der Waals surface area contributed by atoms with E-state index in [1.807, 2.05) is 47.8 Å². The minimum atomic E-state index is 0.249. The number of phenols is 1. The molecule has 194 valence electrons. The number of aryl methyl sites for hydroxylation is 1. The third kappa shape index (κ3) is 5.93. The smallest absolute Gasteiger partial charge is 0.230 e. The van der Waals surface area contributed by atoms with Crippen LogP contribution >= 0.6 is 22.9 Å². The van der Waals surface area contributed by atoms with Gasteiger partial charge in [0.05, 0.1) is 24.1 Å². The number of hydrogen-bond acceptors (Lipinski definition) is 6. The summed E-state index contributed by atoms with van der Waals surface area (Å²) in [4.78, 5) is 9.71. The number of fused-ring (bicyclic) bond motifs is 1. The van der Waals surface area contributed by atoms with Crippen LogP contribution in [0.25, 0.3) is 32.8 Å². The Labute approximate surface area is 231 Å². The quantitative estimate of drug-likeness (QED) is 0.188. The summed E-state index contributed by atoms with van der Waals surface area (Å²) in [6.45, 7) is 2.20. The molecule has 0 unspecified atom stereocenters. The van der Waals surface area contributed by atoms with Crippen LogP contribution in [0.15, 0.2) is 81.5 Å². The van der Waals surface area contributed by atoms with Crippen LogP contribution in [0.5, 0.6) is 11.5 Å². The van der Waals surface area contributed by atoms with Crippen molar-refractivity contribution in [1.29, 1.82) is 0 Å². The van der Waals surface area contributed by atoms with Crippen LogP contribution in [-0.4, -0.2) is 17.2 Å². The number of phenolic OH excluding ortho intramolecular Hbond substituents is 1. The third-order valence-electron chi connectivity index (χ3n) is 6.43. The Morgan fingerprint density at radius 3 is 2.53 bits per heavy atom. The second kappa shape index (κ2) is 11.8. The number of unbranched alkanes of at least 4 members (excludes halogenated alkanes) is 3. The first kappa shape index (κ1) is 26.0. The number of rotatable bonds is 9. The van der Waals surface area contributed by atoms with Crippen LogP contribution in [0.1, 0.15) is 38.2 Å². The molecule has 0 amide bonds. The summed E-state index contributed by atoms with van der Waals surface area (Å²) in [5.74, 6) is 1.05. The van der Waals surface area contributed by atoms with E-state index in [-0.39, 0.29) is 5.75 Å². The highest BCUT2D eigenvalue weighted by molar-refractivity contribution is 7.13. The van der Waals surface area contributed by atoms with Gasteiger partial charge in [0.15, 0.2) is 0 Å². The first-order chi connectivity index (χ1) is 18.5. The molecule has 0 atom stereocenters. The van der Waals surface area contributed by atoms with Crippen LogP contribution in [0.2, 0.25) is 5.02 Å². The van der Waals surface area contributed by atoms with Crippen LogP contribution < -0.4 is 10.3 Å². The Morgan fingerprint density at radius 2 is 1.79 bits per heavy atom. The second-order valence-electron chi connectivity index (χ2n) is 9.15. The highest BCUT2D eigenvalue weighted by atomic mass is 35.5. The molecule has 2 aromatic heterocycles. The maximum absolute atomic E-state index is 10.7. The molecule has 2 heterocycles. The lowest BCUT2D eigenvalue weighted by Crippen LogP contribution is -2.05. The molecule has 0 aliphatic heterocycles. The van der Waals surface area contributed by atoms with Crippen LogP contribution in [-0.2, 0) is 6.42 Å². The molecular weight excluding hydrogens is 516 g/mol. The first-order valence-corrected chi connectivity index (χ1v) is 14.0. The van der Waals surface area contributed by atoms with Crippen molar-refractivity contribution in [1.82, 2.24) is 4.98 Å². The Kier molecular flexibility index (Phi) is 8.11. The number of nitrogens with zero attached hydrogens (tertiary/aromatic N) is 2. The molecule has 5 nitrogen and oxygen atoms in total. The zero-order chi connectivity index (χ0) is 26.5. The second-order valence-corrected chi connectivity index (χ2v) is 10.4. The minimum Gasteiger partial charge on any atom is -0.508 e. The van der Waals surface area contributed by atoms with Crippen molar-refractivity contribution >= 4 is 39.6 Å². The maximum Gasteiger partial charge on any atom is 0.230 e. The van der Waals surface area contributed by atoms with E-state index in [1.54, 1.807) is 25.3 Å². The average Bonchev–Trinajstić information content (AvgIpc) is 3.42. The summed E-state index contributed by atoms with van der Waals surface area (Å²) in [6, 6.07) is 20.9. The van der Waals surface area contributed by atoms with Crippen molar-refractivity contribution in [2.24, 2.45) is 4.99 Å². The summed E-state index contributed by atoms with van der Waals surface area (Å²) >= 11 is 7.61. The fraction of sp³-hybridized carbons (Fsp3) is 0.226. The molecule has 0 spiro atoms. The molecule has 0 saturated heterocycles. The Bertz CT molecular complexity index is 1610. The van der Waals surface area contributed by atoms with Gasteiger partial charge in [-0.3, -0.25) is 0 Å². The molecular formula is C31H29ClN2O3S. The van der Waals surface area contributed by atoms with E-state index in [4.69, 9.17) is 30.7 Å². The molecule has 0 bridgehead atoms. The lowest BCUT2D eigenvalue weighted by Gasteiger charge is -2.08. The van der Waals surface area contributed by atoms with Gasteiger partial charge >= 0.3 is 0 Å². The topological polar surface area (TPSA) is 67.9 Å². The number of methoxy groups -OCH3 is 1. The molecule has 0 fully saturated rings. The van der Waals surface area contributed by atoms with Crippen molar-refractivity contribution in [3.63, 3.8) is 0 Å². The SMILES string of the molecule is CCCCCCc1cc2cc(-c3nc(-c4ccc(OC)cc4)cs3)c(=Nc3ccc(Cl)cc3)oc2cc1O. The van der Waals surface area contributed by atoms with Crippen molar-refractivity contribution in [2.75, 3.05) is 7.11 Å². The highest BCUT2D eigenvalue weighted by Gasteiger charge is 2.14. The molecule has 7 heteroatoms. The van der Waals surface area contributed by atoms with Gasteiger partial charge in [0.25, 0.3) is 0 Å². The van der Waals surface area contributed by atoms with E-state index in [1.165, 1.54) is 24.2 Å². The lowest BCUT2D eigenvalue weighted by atomic mass is 10.0. The molecule has 3 aromatic carbocycles. The summed E-state index contributed by atoms with van der Waals surface area (Å²) in [7, 11) is 1.65. The minimum absolute atomic E-state index is 0.249. The summed E-state index contributed by atoms with van der Waals surface area (Å²) in [6.07, 6.45) is 5.39. The fourth-order valence-corrected chi connectivity index (χ4v) is 5.28. The number of thiazole rings is 1. The van der Waals surface area contributed by atoms with Gasteiger partial charge in [-0.05, 0) is 79.1 Å². The molecule has 0 aliphatic rings. The third-order valence-corrected chi connectivity index (χ3v) is 7.55. The van der Waals surface area contributed by atoms with Crippen LogP contribution in [0.3, 0.4) is 0 Å². The fourth-order valence-electron chi connectivity index (χ4n) is 4.31. The predicted molar refractivity (Wildman–Crippen MR) is 155 cm³/mol. The monoisotopic (exact) mass is 544 g/mol. The zero-order valence-corrected chi connectivity index (χ0v) is 23.0. The summed E-state index contributed by atoms with van der Waals surface area (Å²) < 4.78 is 11.6.